The summed E-state index contributed by atoms with van der Waals surface area (Å²) >= 11 is 5.84. The normalized spacial score (nSPS) is 10.6. The average Bonchev–Trinajstić information content (AvgIpc) is 2.48. The number of hydrogen-bond acceptors (Lipinski definition) is 2. The van der Waals surface area contributed by atoms with Crippen LogP contribution in [0.25, 0.3) is 10.9 Å². The fourth-order valence-corrected chi connectivity index (χ4v) is 2.32. The van der Waals surface area contributed by atoms with Crippen LogP contribution in [-0.4, -0.2) is 10.9 Å². The minimum Gasteiger partial charge on any atom is -0.322 e. The Morgan fingerprint density at radius 3 is 2.73 bits per heavy atom. The zero-order valence-electron chi connectivity index (χ0n) is 11.2. The first-order valence-electron chi connectivity index (χ1n) is 6.42. The van der Waals surface area contributed by atoms with E-state index in [1.807, 2.05) is 0 Å². The van der Waals surface area contributed by atoms with Crippen molar-refractivity contribution in [3.63, 3.8) is 0 Å². The van der Waals surface area contributed by atoms with Crippen LogP contribution in [-0.2, 0) is 0 Å². The molecule has 3 aromatic rings. The number of carbonyl (C=O) groups is 1. The summed E-state index contributed by atoms with van der Waals surface area (Å²) in [6.07, 6.45) is 0. The number of hydrogen-bond donors (Lipinski definition) is 2. The molecule has 0 spiro atoms. The molecule has 0 bridgehead atoms. The van der Waals surface area contributed by atoms with Gasteiger partial charge in [0.25, 0.3) is 5.91 Å². The molecule has 2 N–H and O–H groups in total. The Balaban J connectivity index is 1.96. The van der Waals surface area contributed by atoms with E-state index in [0.717, 1.165) is 6.07 Å². The average molecular weight is 317 g/mol. The molecular formula is C16H10ClFN2O2. The largest absolute Gasteiger partial charge is 0.322 e. The van der Waals surface area contributed by atoms with Crippen molar-refractivity contribution in [1.82, 2.24) is 4.98 Å². The molecule has 22 heavy (non-hydrogen) atoms. The maximum Gasteiger partial charge on any atom is 0.255 e. The van der Waals surface area contributed by atoms with Crippen LogP contribution in [0.15, 0.2) is 53.3 Å². The minimum absolute atomic E-state index is 0.105. The number of benzene rings is 2. The van der Waals surface area contributed by atoms with Gasteiger partial charge in [-0.05, 0) is 36.4 Å². The van der Waals surface area contributed by atoms with E-state index in [-0.39, 0.29) is 11.1 Å². The Labute approximate surface area is 129 Å². The van der Waals surface area contributed by atoms with Crippen molar-refractivity contribution in [2.24, 2.45) is 0 Å². The van der Waals surface area contributed by atoms with Crippen molar-refractivity contribution < 1.29 is 9.18 Å². The molecule has 0 saturated carbocycles. The fourth-order valence-electron chi connectivity index (χ4n) is 2.13. The molecule has 3 rings (SSSR count). The molecule has 4 nitrogen and oxygen atoms in total. The third-order valence-corrected chi connectivity index (χ3v) is 3.36. The van der Waals surface area contributed by atoms with Gasteiger partial charge >= 0.3 is 0 Å². The Kier molecular flexibility index (Phi) is 3.65. The number of fused-ring (bicyclic) bond motifs is 1. The first-order chi connectivity index (χ1) is 10.5. The van der Waals surface area contributed by atoms with Gasteiger partial charge in [-0.3, -0.25) is 9.59 Å². The lowest BCUT2D eigenvalue weighted by Gasteiger charge is -2.08. The molecule has 0 aliphatic carbocycles. The molecule has 1 amide bonds. The van der Waals surface area contributed by atoms with E-state index in [9.17, 15) is 14.0 Å². The van der Waals surface area contributed by atoms with Crippen molar-refractivity contribution in [2.75, 3.05) is 5.32 Å². The summed E-state index contributed by atoms with van der Waals surface area (Å²) in [6.45, 7) is 0. The SMILES string of the molecule is O=C(Nc1cc(F)c2[nH]c(=O)ccc2c1)c1cccc(Cl)c1. The van der Waals surface area contributed by atoms with Gasteiger partial charge in [0.1, 0.15) is 5.82 Å². The zero-order chi connectivity index (χ0) is 15.7. The topological polar surface area (TPSA) is 62.0 Å². The second-order valence-electron chi connectivity index (χ2n) is 4.71. The van der Waals surface area contributed by atoms with Crippen LogP contribution >= 0.6 is 11.6 Å². The van der Waals surface area contributed by atoms with E-state index in [1.165, 1.54) is 18.2 Å². The fraction of sp³-hybridized carbons (Fsp3) is 0. The van der Waals surface area contributed by atoms with Crippen molar-refractivity contribution >= 4 is 34.1 Å². The highest BCUT2D eigenvalue weighted by Crippen LogP contribution is 2.21. The van der Waals surface area contributed by atoms with Gasteiger partial charge in [-0.1, -0.05) is 17.7 Å². The molecule has 0 radical (unpaired) electrons. The van der Waals surface area contributed by atoms with E-state index in [1.54, 1.807) is 24.3 Å². The monoisotopic (exact) mass is 316 g/mol. The summed E-state index contributed by atoms with van der Waals surface area (Å²) in [5, 5.41) is 3.53. The van der Waals surface area contributed by atoms with Crippen LogP contribution in [0.3, 0.4) is 0 Å². The summed E-state index contributed by atoms with van der Waals surface area (Å²) < 4.78 is 14.0. The number of aromatic nitrogens is 1. The highest BCUT2D eigenvalue weighted by molar-refractivity contribution is 6.31. The quantitative estimate of drug-likeness (QED) is 0.759. The third-order valence-electron chi connectivity index (χ3n) is 3.13. The van der Waals surface area contributed by atoms with E-state index >= 15 is 0 Å². The van der Waals surface area contributed by atoms with Gasteiger partial charge in [0.2, 0.25) is 5.56 Å². The van der Waals surface area contributed by atoms with Gasteiger partial charge in [0, 0.05) is 27.7 Å². The molecule has 0 unspecified atom stereocenters. The van der Waals surface area contributed by atoms with E-state index in [4.69, 9.17) is 11.6 Å². The molecule has 1 aromatic heterocycles. The van der Waals surface area contributed by atoms with Gasteiger partial charge in [-0.25, -0.2) is 4.39 Å². The lowest BCUT2D eigenvalue weighted by Crippen LogP contribution is -2.12. The lowest BCUT2D eigenvalue weighted by molar-refractivity contribution is 0.102. The molecule has 6 heteroatoms. The van der Waals surface area contributed by atoms with Crippen LogP contribution < -0.4 is 10.9 Å². The predicted octanol–water partition coefficient (Wildman–Crippen LogP) is 3.57. The highest BCUT2D eigenvalue weighted by atomic mass is 35.5. The van der Waals surface area contributed by atoms with Gasteiger partial charge < -0.3 is 10.3 Å². The molecule has 110 valence electrons. The number of carbonyl (C=O) groups excluding carboxylic acids is 1. The molecule has 0 aliphatic rings. The maximum atomic E-state index is 14.0. The molecular weight excluding hydrogens is 307 g/mol. The standard InChI is InChI=1S/C16H10ClFN2O2/c17-11-3-1-2-10(6-11)16(22)19-12-7-9-4-5-14(21)20-15(9)13(18)8-12/h1-8H,(H,19,22)(H,20,21). The van der Waals surface area contributed by atoms with Crippen LogP contribution in [0.2, 0.25) is 5.02 Å². The number of nitrogens with one attached hydrogen (secondary N) is 2. The first kappa shape index (κ1) is 14.3. The first-order valence-corrected chi connectivity index (χ1v) is 6.80. The number of halogens is 2. The molecule has 2 aromatic carbocycles. The third kappa shape index (κ3) is 2.84. The van der Waals surface area contributed by atoms with E-state index in [2.05, 4.69) is 10.3 Å². The smallest absolute Gasteiger partial charge is 0.255 e. The predicted molar refractivity (Wildman–Crippen MR) is 83.9 cm³/mol. The summed E-state index contributed by atoms with van der Waals surface area (Å²) in [6, 6.07) is 12.0. The summed E-state index contributed by atoms with van der Waals surface area (Å²) in [4.78, 5) is 25.7. The van der Waals surface area contributed by atoms with Crippen LogP contribution in [0, 0.1) is 5.82 Å². The van der Waals surface area contributed by atoms with E-state index < -0.39 is 11.7 Å². The number of amides is 1. The summed E-state index contributed by atoms with van der Waals surface area (Å²) in [5.41, 5.74) is 0.381. The minimum atomic E-state index is -0.614. The number of rotatable bonds is 2. The second-order valence-corrected chi connectivity index (χ2v) is 5.15. The zero-order valence-corrected chi connectivity index (χ0v) is 11.9. The number of anilines is 1. The molecule has 1 heterocycles. The Morgan fingerprint density at radius 2 is 1.95 bits per heavy atom. The van der Waals surface area contributed by atoms with Crippen molar-refractivity contribution in [2.45, 2.75) is 0 Å². The number of aromatic amines is 1. The Bertz CT molecular complexity index is 937. The molecule has 0 aliphatic heterocycles. The van der Waals surface area contributed by atoms with Gasteiger partial charge in [0.05, 0.1) is 5.52 Å². The van der Waals surface area contributed by atoms with Crippen LogP contribution in [0.1, 0.15) is 10.4 Å². The van der Waals surface area contributed by atoms with Crippen molar-refractivity contribution in [1.29, 1.82) is 0 Å². The number of pyridine rings is 1. The van der Waals surface area contributed by atoms with Crippen LogP contribution in [0.4, 0.5) is 10.1 Å². The Morgan fingerprint density at radius 1 is 1.14 bits per heavy atom. The number of H-pyrrole nitrogens is 1. The Hall–Kier alpha value is -2.66. The summed E-state index contributed by atoms with van der Waals surface area (Å²) in [7, 11) is 0. The highest BCUT2D eigenvalue weighted by Gasteiger charge is 2.10. The van der Waals surface area contributed by atoms with Crippen molar-refractivity contribution in [3.05, 3.63) is 75.3 Å². The summed E-state index contributed by atoms with van der Waals surface area (Å²) in [5.74, 6) is -1.01. The molecule has 0 fully saturated rings. The van der Waals surface area contributed by atoms with Gasteiger partial charge in [-0.15, -0.1) is 0 Å². The van der Waals surface area contributed by atoms with E-state index in [0.29, 0.717) is 21.7 Å². The maximum absolute atomic E-state index is 14.0. The van der Waals surface area contributed by atoms with Crippen molar-refractivity contribution in [3.8, 4) is 0 Å². The second kappa shape index (κ2) is 5.61. The van der Waals surface area contributed by atoms with Gasteiger partial charge in [0.15, 0.2) is 0 Å². The lowest BCUT2D eigenvalue weighted by atomic mass is 10.1. The molecule has 0 saturated heterocycles. The van der Waals surface area contributed by atoms with Gasteiger partial charge in [-0.2, -0.15) is 0 Å². The van der Waals surface area contributed by atoms with Crippen LogP contribution in [0.5, 0.6) is 0 Å². The molecule has 0 atom stereocenters.